The molecular weight excluding hydrogens is 502 g/mol. The van der Waals surface area contributed by atoms with E-state index >= 15 is 0 Å². The number of methoxy groups -OCH3 is 1. The normalized spacial score (nSPS) is 16.4. The van der Waals surface area contributed by atoms with Crippen molar-refractivity contribution in [2.75, 3.05) is 13.7 Å². The Morgan fingerprint density at radius 1 is 1.05 bits per heavy atom. The summed E-state index contributed by atoms with van der Waals surface area (Å²) in [6.45, 7) is 0.719. The van der Waals surface area contributed by atoms with Gasteiger partial charge in [-0.15, -0.1) is 11.3 Å². The maximum absolute atomic E-state index is 14.0. The molecule has 10 heteroatoms. The number of carbonyl (C=O) groups excluding carboxylic acids is 3. The molecule has 0 saturated carbocycles. The zero-order valence-electron chi connectivity index (χ0n) is 21.0. The third-order valence-corrected chi connectivity index (χ3v) is 7.58. The number of thiophene rings is 1. The fourth-order valence-corrected chi connectivity index (χ4v) is 5.64. The Labute approximate surface area is 225 Å². The minimum absolute atomic E-state index is 0.123. The zero-order chi connectivity index (χ0) is 27.1. The first-order valence-corrected chi connectivity index (χ1v) is 13.2. The van der Waals surface area contributed by atoms with Gasteiger partial charge in [-0.3, -0.25) is 15.0 Å². The van der Waals surface area contributed by atoms with E-state index in [2.05, 4.69) is 16.0 Å². The van der Waals surface area contributed by atoms with Gasteiger partial charge in [0.1, 0.15) is 17.9 Å². The van der Waals surface area contributed by atoms with Crippen molar-refractivity contribution >= 4 is 35.0 Å². The highest BCUT2D eigenvalue weighted by Gasteiger charge is 2.38. The van der Waals surface area contributed by atoms with Crippen LogP contribution < -0.4 is 21.7 Å². The molecule has 2 aromatic carbocycles. The second-order valence-corrected chi connectivity index (χ2v) is 10.00. The van der Waals surface area contributed by atoms with Gasteiger partial charge in [0.2, 0.25) is 5.91 Å². The first-order chi connectivity index (χ1) is 18.4. The van der Waals surface area contributed by atoms with E-state index in [0.29, 0.717) is 16.9 Å². The van der Waals surface area contributed by atoms with Gasteiger partial charge in [-0.25, -0.2) is 4.79 Å². The van der Waals surface area contributed by atoms with Gasteiger partial charge in [-0.05, 0) is 36.6 Å². The van der Waals surface area contributed by atoms with Crippen LogP contribution >= 0.6 is 11.3 Å². The van der Waals surface area contributed by atoms with Crippen molar-refractivity contribution in [3.8, 4) is 0 Å². The molecular formula is C28H31N5O4S. The average Bonchev–Trinajstić information content (AvgIpc) is 3.65. The zero-order valence-corrected chi connectivity index (χ0v) is 21.8. The Morgan fingerprint density at radius 2 is 1.68 bits per heavy atom. The molecule has 1 aliphatic heterocycles. The summed E-state index contributed by atoms with van der Waals surface area (Å²) in [7, 11) is 1.23. The fourth-order valence-electron chi connectivity index (χ4n) is 4.67. The van der Waals surface area contributed by atoms with Crippen LogP contribution in [0, 0.1) is 5.41 Å². The van der Waals surface area contributed by atoms with Crippen LogP contribution in [0.5, 0.6) is 0 Å². The number of amidine groups is 1. The molecule has 3 aromatic rings. The third kappa shape index (κ3) is 6.27. The molecule has 2 heterocycles. The second-order valence-electron chi connectivity index (χ2n) is 9.06. The van der Waals surface area contributed by atoms with E-state index < -0.39 is 36.0 Å². The van der Waals surface area contributed by atoms with E-state index in [0.717, 1.165) is 24.1 Å². The number of rotatable bonds is 10. The first-order valence-electron chi connectivity index (χ1n) is 12.3. The van der Waals surface area contributed by atoms with Crippen molar-refractivity contribution in [2.24, 2.45) is 5.73 Å². The quantitative estimate of drug-likeness (QED) is 0.200. The Morgan fingerprint density at radius 3 is 2.18 bits per heavy atom. The summed E-state index contributed by atoms with van der Waals surface area (Å²) in [6, 6.07) is 17.9. The van der Waals surface area contributed by atoms with E-state index in [1.807, 2.05) is 60.7 Å². The van der Waals surface area contributed by atoms with Crippen molar-refractivity contribution < 1.29 is 19.1 Å². The lowest BCUT2D eigenvalue weighted by Gasteiger charge is -2.29. The van der Waals surface area contributed by atoms with Crippen LogP contribution in [0.1, 0.15) is 46.4 Å². The number of amides is 2. The smallest absolute Gasteiger partial charge is 0.407 e. The highest BCUT2D eigenvalue weighted by Crippen LogP contribution is 2.30. The summed E-state index contributed by atoms with van der Waals surface area (Å²) < 4.78 is 4.86. The van der Waals surface area contributed by atoms with Crippen LogP contribution in [0.3, 0.4) is 0 Å². The Balaban J connectivity index is 1.73. The standard InChI is InChI=1S/C28H31N5O4S/c1-37-28(36)33-24(22(17-9-4-2-5-10-17)18-11-6-3-7-12-18)27(35)32-23(25(34)20-13-8-14-31-20)21-15-19(16-38-21)26(29)30/h2-7,9-12,15-16,20,22-24,31H,8,13-14H2,1H3,(H3,29,30)(H,32,35)(H,33,36)/t20-,23?,24+/m0/s1. The summed E-state index contributed by atoms with van der Waals surface area (Å²) in [5, 5.41) is 18.3. The Kier molecular flexibility index (Phi) is 8.88. The minimum Gasteiger partial charge on any atom is -0.453 e. The molecule has 3 atom stereocenters. The number of carbonyl (C=O) groups is 3. The molecule has 9 nitrogen and oxygen atoms in total. The molecule has 0 spiro atoms. The average molecular weight is 534 g/mol. The molecule has 38 heavy (non-hydrogen) atoms. The van der Waals surface area contributed by atoms with Crippen molar-refractivity contribution in [3.05, 3.63) is 93.7 Å². The largest absolute Gasteiger partial charge is 0.453 e. The number of Topliss-reactive ketones (excluding diaryl/α,β-unsaturated/α-hetero) is 1. The van der Waals surface area contributed by atoms with Crippen LogP contribution in [0.15, 0.2) is 72.1 Å². The molecule has 1 aromatic heterocycles. The van der Waals surface area contributed by atoms with E-state index in [9.17, 15) is 14.4 Å². The lowest BCUT2D eigenvalue weighted by molar-refractivity contribution is -0.130. The molecule has 1 fully saturated rings. The van der Waals surface area contributed by atoms with Gasteiger partial charge in [-0.2, -0.15) is 0 Å². The minimum atomic E-state index is -1.09. The summed E-state index contributed by atoms with van der Waals surface area (Å²) in [6.07, 6.45) is 0.755. The molecule has 0 radical (unpaired) electrons. The summed E-state index contributed by atoms with van der Waals surface area (Å²) in [5.41, 5.74) is 7.76. The predicted octanol–water partition coefficient (Wildman–Crippen LogP) is 3.07. The summed E-state index contributed by atoms with van der Waals surface area (Å²) in [4.78, 5) is 40.6. The second kappa shape index (κ2) is 12.5. The van der Waals surface area contributed by atoms with Gasteiger partial charge in [0.05, 0.1) is 13.2 Å². The molecule has 1 saturated heterocycles. The number of nitrogen functional groups attached to an aromatic ring is 1. The highest BCUT2D eigenvalue weighted by atomic mass is 32.1. The Hall–Kier alpha value is -4.02. The van der Waals surface area contributed by atoms with Crippen LogP contribution in [0.2, 0.25) is 0 Å². The molecule has 0 bridgehead atoms. The van der Waals surface area contributed by atoms with Crippen LogP contribution in [0.25, 0.3) is 0 Å². The molecule has 0 aliphatic carbocycles. The lowest BCUT2D eigenvalue weighted by Crippen LogP contribution is -2.53. The maximum atomic E-state index is 14.0. The van der Waals surface area contributed by atoms with Crippen molar-refractivity contribution in [1.29, 1.82) is 5.41 Å². The van der Waals surface area contributed by atoms with Crippen molar-refractivity contribution in [3.63, 3.8) is 0 Å². The molecule has 1 aliphatic rings. The molecule has 4 rings (SSSR count). The Bertz CT molecular complexity index is 1240. The molecule has 6 N–H and O–H groups in total. The number of hydrogen-bond donors (Lipinski definition) is 5. The topological polar surface area (TPSA) is 146 Å². The van der Waals surface area contributed by atoms with Gasteiger partial charge in [0.15, 0.2) is 5.78 Å². The van der Waals surface area contributed by atoms with E-state index in [-0.39, 0.29) is 11.6 Å². The molecule has 198 valence electrons. The van der Waals surface area contributed by atoms with Crippen LogP contribution in [-0.4, -0.2) is 49.4 Å². The maximum Gasteiger partial charge on any atom is 0.407 e. The SMILES string of the molecule is COC(=O)N[C@@H](C(=O)NC(C(=O)[C@@H]1CCCN1)c1cc(C(=N)N)cs1)C(c1ccccc1)c1ccccc1. The monoisotopic (exact) mass is 533 g/mol. The van der Waals surface area contributed by atoms with Gasteiger partial charge in [-0.1, -0.05) is 60.7 Å². The van der Waals surface area contributed by atoms with Gasteiger partial charge >= 0.3 is 6.09 Å². The van der Waals surface area contributed by atoms with Crippen LogP contribution in [0.4, 0.5) is 4.79 Å². The third-order valence-electron chi connectivity index (χ3n) is 6.58. The number of alkyl carbamates (subject to hydrolysis) is 1. The van der Waals surface area contributed by atoms with Crippen LogP contribution in [-0.2, 0) is 14.3 Å². The number of ether oxygens (including phenoxy) is 1. The highest BCUT2D eigenvalue weighted by molar-refractivity contribution is 7.10. The van der Waals surface area contributed by atoms with Gasteiger partial charge < -0.3 is 26.4 Å². The lowest BCUT2D eigenvalue weighted by atomic mass is 9.84. The summed E-state index contributed by atoms with van der Waals surface area (Å²) >= 11 is 1.25. The van der Waals surface area contributed by atoms with E-state index in [4.69, 9.17) is 15.9 Å². The van der Waals surface area contributed by atoms with Crippen molar-refractivity contribution in [1.82, 2.24) is 16.0 Å². The number of nitrogens with one attached hydrogen (secondary N) is 4. The van der Waals surface area contributed by atoms with Crippen molar-refractivity contribution in [2.45, 2.75) is 36.9 Å². The number of hydrogen-bond acceptors (Lipinski definition) is 7. The predicted molar refractivity (Wildman–Crippen MR) is 146 cm³/mol. The summed E-state index contributed by atoms with van der Waals surface area (Å²) in [5.74, 6) is -1.40. The number of nitrogens with two attached hydrogens (primary N) is 1. The van der Waals surface area contributed by atoms with Gasteiger partial charge in [0.25, 0.3) is 0 Å². The van der Waals surface area contributed by atoms with E-state index in [1.54, 1.807) is 11.4 Å². The molecule has 2 amide bonds. The number of ketones is 1. The van der Waals surface area contributed by atoms with Gasteiger partial charge in [0, 0.05) is 21.7 Å². The fraction of sp³-hybridized carbons (Fsp3) is 0.286. The molecule has 1 unspecified atom stereocenters. The van der Waals surface area contributed by atoms with E-state index in [1.165, 1.54) is 18.4 Å². The first kappa shape index (κ1) is 27.0. The number of benzene rings is 2.